The summed E-state index contributed by atoms with van der Waals surface area (Å²) in [6.45, 7) is 2.73. The molecule has 1 heterocycles. The molecule has 2 heteroatoms. The fourth-order valence-electron chi connectivity index (χ4n) is 1.38. The molecule has 70 valence electrons. The van der Waals surface area contributed by atoms with Crippen molar-refractivity contribution in [2.24, 2.45) is 0 Å². The Morgan fingerprint density at radius 3 is 2.69 bits per heavy atom. The van der Waals surface area contributed by atoms with Crippen molar-refractivity contribution in [3.8, 4) is 0 Å². The Kier molecular flexibility index (Phi) is 2.95. The van der Waals surface area contributed by atoms with Crippen molar-refractivity contribution >= 4 is 0 Å². The fraction of sp³-hybridized carbons (Fsp3) is 0.455. The normalized spacial score (nSPS) is 21.1. The Morgan fingerprint density at radius 2 is 2.08 bits per heavy atom. The smallest absolute Gasteiger partial charge is 0.0717 e. The highest BCUT2D eigenvalue weighted by molar-refractivity contribution is 5.13. The molecule has 1 N–H and O–H groups in total. The Balaban J connectivity index is 1.67. The summed E-state index contributed by atoms with van der Waals surface area (Å²) >= 11 is 0. The summed E-state index contributed by atoms with van der Waals surface area (Å²) < 4.78 is 5.56. The summed E-state index contributed by atoms with van der Waals surface area (Å²) in [4.78, 5) is 0. The standard InChI is InChI=1S/C11H15NO/c1-2-4-10(5-3-1)8-13-9-11-6-7-12-11/h1-5,11-12H,6-9H2/t11-/m0/s1. The molecule has 13 heavy (non-hydrogen) atoms. The van der Waals surface area contributed by atoms with Gasteiger partial charge >= 0.3 is 0 Å². The van der Waals surface area contributed by atoms with Gasteiger partial charge in [0.15, 0.2) is 0 Å². The predicted molar refractivity (Wildman–Crippen MR) is 52.5 cm³/mol. The van der Waals surface area contributed by atoms with Crippen molar-refractivity contribution in [3.63, 3.8) is 0 Å². The van der Waals surface area contributed by atoms with E-state index in [-0.39, 0.29) is 0 Å². The van der Waals surface area contributed by atoms with Crippen LogP contribution in [-0.4, -0.2) is 19.2 Å². The van der Waals surface area contributed by atoms with Gasteiger partial charge in [-0.15, -0.1) is 0 Å². The van der Waals surface area contributed by atoms with Crippen LogP contribution in [0.15, 0.2) is 30.3 Å². The summed E-state index contributed by atoms with van der Waals surface area (Å²) in [5, 5.41) is 3.31. The lowest BCUT2D eigenvalue weighted by atomic mass is 10.1. The van der Waals surface area contributed by atoms with Crippen molar-refractivity contribution < 1.29 is 4.74 Å². The zero-order chi connectivity index (χ0) is 8.93. The molecule has 2 nitrogen and oxygen atoms in total. The molecule has 1 aliphatic heterocycles. The highest BCUT2D eigenvalue weighted by Crippen LogP contribution is 2.05. The van der Waals surface area contributed by atoms with Gasteiger partial charge in [0, 0.05) is 6.04 Å². The van der Waals surface area contributed by atoms with E-state index < -0.39 is 0 Å². The molecule has 0 spiro atoms. The molecule has 0 radical (unpaired) electrons. The van der Waals surface area contributed by atoms with E-state index in [1.807, 2.05) is 18.2 Å². The second kappa shape index (κ2) is 4.40. The molecule has 1 atom stereocenters. The summed E-state index contributed by atoms with van der Waals surface area (Å²) in [6.07, 6.45) is 1.26. The maximum absolute atomic E-state index is 5.56. The molecule has 0 aliphatic carbocycles. The number of benzene rings is 1. The van der Waals surface area contributed by atoms with E-state index in [1.165, 1.54) is 12.0 Å². The third-order valence-electron chi connectivity index (χ3n) is 2.36. The average molecular weight is 177 g/mol. The first-order valence-electron chi connectivity index (χ1n) is 4.80. The number of rotatable bonds is 4. The van der Waals surface area contributed by atoms with E-state index in [4.69, 9.17) is 4.74 Å². The summed E-state index contributed by atoms with van der Waals surface area (Å²) in [7, 11) is 0. The molecule has 1 aromatic carbocycles. The monoisotopic (exact) mass is 177 g/mol. The summed E-state index contributed by atoms with van der Waals surface area (Å²) in [5.41, 5.74) is 1.25. The molecular weight excluding hydrogens is 162 g/mol. The Morgan fingerprint density at radius 1 is 1.31 bits per heavy atom. The van der Waals surface area contributed by atoms with Crippen LogP contribution in [0.1, 0.15) is 12.0 Å². The number of hydrogen-bond donors (Lipinski definition) is 1. The molecule has 1 saturated heterocycles. The minimum absolute atomic E-state index is 0.601. The van der Waals surface area contributed by atoms with Crippen LogP contribution < -0.4 is 5.32 Å². The molecule has 0 amide bonds. The van der Waals surface area contributed by atoms with Gasteiger partial charge in [-0.05, 0) is 18.5 Å². The van der Waals surface area contributed by atoms with Crippen molar-refractivity contribution in [1.82, 2.24) is 5.32 Å². The third kappa shape index (κ3) is 2.54. The maximum atomic E-state index is 5.56. The van der Waals surface area contributed by atoms with Gasteiger partial charge in [-0.1, -0.05) is 30.3 Å². The van der Waals surface area contributed by atoms with Gasteiger partial charge in [0.1, 0.15) is 0 Å². The van der Waals surface area contributed by atoms with Gasteiger partial charge in [0.05, 0.1) is 13.2 Å². The minimum Gasteiger partial charge on any atom is -0.375 e. The summed E-state index contributed by atoms with van der Waals surface area (Å²) in [6, 6.07) is 10.9. The molecule has 2 rings (SSSR count). The molecule has 0 bridgehead atoms. The van der Waals surface area contributed by atoms with Crippen LogP contribution in [-0.2, 0) is 11.3 Å². The van der Waals surface area contributed by atoms with Crippen molar-refractivity contribution in [1.29, 1.82) is 0 Å². The van der Waals surface area contributed by atoms with Crippen LogP contribution in [0.25, 0.3) is 0 Å². The van der Waals surface area contributed by atoms with E-state index in [1.54, 1.807) is 0 Å². The van der Waals surface area contributed by atoms with Gasteiger partial charge in [-0.2, -0.15) is 0 Å². The molecule has 1 aromatic rings. The van der Waals surface area contributed by atoms with E-state index in [0.29, 0.717) is 6.04 Å². The van der Waals surface area contributed by atoms with Gasteiger partial charge in [0.25, 0.3) is 0 Å². The van der Waals surface area contributed by atoms with Gasteiger partial charge in [0.2, 0.25) is 0 Å². The van der Waals surface area contributed by atoms with E-state index in [9.17, 15) is 0 Å². The van der Waals surface area contributed by atoms with E-state index in [2.05, 4.69) is 17.4 Å². The first kappa shape index (κ1) is 8.73. The molecule has 1 fully saturated rings. The first-order valence-corrected chi connectivity index (χ1v) is 4.80. The second-order valence-corrected chi connectivity index (χ2v) is 3.44. The quantitative estimate of drug-likeness (QED) is 0.753. The minimum atomic E-state index is 0.601. The maximum Gasteiger partial charge on any atom is 0.0717 e. The number of ether oxygens (including phenoxy) is 1. The molecule has 0 saturated carbocycles. The van der Waals surface area contributed by atoms with Gasteiger partial charge in [-0.3, -0.25) is 0 Å². The zero-order valence-corrected chi connectivity index (χ0v) is 7.70. The van der Waals surface area contributed by atoms with E-state index >= 15 is 0 Å². The van der Waals surface area contributed by atoms with E-state index in [0.717, 1.165) is 19.8 Å². The first-order chi connectivity index (χ1) is 6.45. The lowest BCUT2D eigenvalue weighted by molar-refractivity contribution is 0.0807. The molecule has 0 unspecified atom stereocenters. The fourth-order valence-corrected chi connectivity index (χ4v) is 1.38. The number of nitrogens with one attached hydrogen (secondary N) is 1. The molecule has 0 aromatic heterocycles. The largest absolute Gasteiger partial charge is 0.375 e. The Bertz CT molecular complexity index is 244. The molecular formula is C11H15NO. The molecule has 1 aliphatic rings. The third-order valence-corrected chi connectivity index (χ3v) is 2.36. The zero-order valence-electron chi connectivity index (χ0n) is 7.70. The summed E-state index contributed by atoms with van der Waals surface area (Å²) in [5.74, 6) is 0. The lowest BCUT2D eigenvalue weighted by Crippen LogP contribution is -2.45. The Hall–Kier alpha value is -0.860. The van der Waals surface area contributed by atoms with Crippen LogP contribution in [0, 0.1) is 0 Å². The number of hydrogen-bond acceptors (Lipinski definition) is 2. The van der Waals surface area contributed by atoms with Gasteiger partial charge in [-0.25, -0.2) is 0 Å². The van der Waals surface area contributed by atoms with Crippen LogP contribution >= 0.6 is 0 Å². The second-order valence-electron chi connectivity index (χ2n) is 3.44. The highest BCUT2D eigenvalue weighted by atomic mass is 16.5. The Labute approximate surface area is 78.9 Å². The van der Waals surface area contributed by atoms with Gasteiger partial charge < -0.3 is 10.1 Å². The van der Waals surface area contributed by atoms with Crippen LogP contribution in [0.5, 0.6) is 0 Å². The SMILES string of the molecule is c1ccc(COC[C@@H]2CCN2)cc1. The van der Waals surface area contributed by atoms with Crippen LogP contribution in [0.4, 0.5) is 0 Å². The predicted octanol–water partition coefficient (Wildman–Crippen LogP) is 1.57. The van der Waals surface area contributed by atoms with Crippen LogP contribution in [0.3, 0.4) is 0 Å². The average Bonchev–Trinajstić information content (AvgIpc) is 2.11. The topological polar surface area (TPSA) is 21.3 Å². The van der Waals surface area contributed by atoms with Crippen molar-refractivity contribution in [2.75, 3.05) is 13.2 Å². The van der Waals surface area contributed by atoms with Crippen LogP contribution in [0.2, 0.25) is 0 Å². The highest BCUT2D eigenvalue weighted by Gasteiger charge is 2.15. The van der Waals surface area contributed by atoms with Crippen molar-refractivity contribution in [3.05, 3.63) is 35.9 Å². The van der Waals surface area contributed by atoms with Crippen molar-refractivity contribution in [2.45, 2.75) is 19.1 Å². The lowest BCUT2D eigenvalue weighted by Gasteiger charge is -2.27.